The Labute approximate surface area is 167 Å². The lowest BCUT2D eigenvalue weighted by Crippen LogP contribution is -2.25. The first-order valence-corrected chi connectivity index (χ1v) is 9.46. The molecule has 4 rings (SSSR count). The van der Waals surface area contributed by atoms with Crippen LogP contribution in [-0.4, -0.2) is 32.9 Å². The van der Waals surface area contributed by atoms with E-state index in [2.05, 4.69) is 10.00 Å². The Hall–Kier alpha value is -2.41. The van der Waals surface area contributed by atoms with Gasteiger partial charge >= 0.3 is 0 Å². The zero-order valence-electron chi connectivity index (χ0n) is 15.5. The summed E-state index contributed by atoms with van der Waals surface area (Å²) in [4.78, 5) is 2.26. The van der Waals surface area contributed by atoms with Gasteiger partial charge in [-0.3, -0.25) is 9.58 Å². The number of fused-ring (bicyclic) bond motifs is 1. The van der Waals surface area contributed by atoms with E-state index >= 15 is 0 Å². The van der Waals surface area contributed by atoms with Crippen molar-refractivity contribution in [3.8, 4) is 5.75 Å². The lowest BCUT2D eigenvalue weighted by Gasteiger charge is -2.19. The molecule has 5 nitrogen and oxygen atoms in total. The summed E-state index contributed by atoms with van der Waals surface area (Å²) in [5, 5.41) is 15.2. The Morgan fingerprint density at radius 1 is 1.32 bits per heavy atom. The summed E-state index contributed by atoms with van der Waals surface area (Å²) in [5.41, 5.74) is 2.74. The van der Waals surface area contributed by atoms with Crippen LogP contribution in [0.4, 0.5) is 4.39 Å². The third kappa shape index (κ3) is 3.90. The molecule has 1 aromatic heterocycles. The van der Waals surface area contributed by atoms with E-state index in [1.165, 1.54) is 12.1 Å². The molecule has 0 saturated carbocycles. The molecule has 146 valence electrons. The second-order valence-corrected chi connectivity index (χ2v) is 7.39. The Bertz CT molecular complexity index is 971. The molecule has 0 spiro atoms. The van der Waals surface area contributed by atoms with Gasteiger partial charge < -0.3 is 9.84 Å². The van der Waals surface area contributed by atoms with Crippen molar-refractivity contribution in [2.24, 2.45) is 7.05 Å². The molecule has 0 fully saturated rings. The molecule has 1 N–H and O–H groups in total. The predicted molar refractivity (Wildman–Crippen MR) is 105 cm³/mol. The highest BCUT2D eigenvalue weighted by Gasteiger charge is 2.22. The summed E-state index contributed by atoms with van der Waals surface area (Å²) in [7, 11) is 1.89. The van der Waals surface area contributed by atoms with Gasteiger partial charge in [-0.15, -0.1) is 0 Å². The van der Waals surface area contributed by atoms with Crippen molar-refractivity contribution in [1.29, 1.82) is 0 Å². The second-order valence-electron chi connectivity index (χ2n) is 6.99. The number of aliphatic hydroxyl groups excluding tert-OH is 1. The third-order valence-corrected chi connectivity index (χ3v) is 5.23. The minimum atomic E-state index is -1.14. The number of nitrogens with zero attached hydrogens (tertiary/aromatic N) is 3. The van der Waals surface area contributed by atoms with Gasteiger partial charge in [0.05, 0.1) is 6.20 Å². The predicted octanol–water partition coefficient (Wildman–Crippen LogP) is 3.69. The minimum Gasteiger partial charge on any atom is -0.492 e. The van der Waals surface area contributed by atoms with Crippen LogP contribution in [0, 0.1) is 5.82 Å². The van der Waals surface area contributed by atoms with Crippen LogP contribution < -0.4 is 4.74 Å². The van der Waals surface area contributed by atoms with Crippen LogP contribution in [0.1, 0.15) is 28.4 Å². The number of ether oxygens (including phenoxy) is 1. The number of aryl methyl sites for hydroxylation is 1. The van der Waals surface area contributed by atoms with Gasteiger partial charge in [0.15, 0.2) is 0 Å². The van der Waals surface area contributed by atoms with Crippen LogP contribution in [0.15, 0.2) is 48.8 Å². The summed E-state index contributed by atoms with van der Waals surface area (Å²) < 4.78 is 21.9. The van der Waals surface area contributed by atoms with Gasteiger partial charge in [-0.1, -0.05) is 23.7 Å². The van der Waals surface area contributed by atoms with E-state index in [0.717, 1.165) is 30.0 Å². The molecule has 0 saturated heterocycles. The first kappa shape index (κ1) is 18.9. The van der Waals surface area contributed by atoms with Gasteiger partial charge in [-0.05, 0) is 29.8 Å². The van der Waals surface area contributed by atoms with E-state index in [1.807, 2.05) is 31.6 Å². The number of aliphatic hydroxyl groups is 1. The molecule has 1 atom stereocenters. The van der Waals surface area contributed by atoms with Crippen molar-refractivity contribution in [1.82, 2.24) is 14.7 Å². The van der Waals surface area contributed by atoms with Gasteiger partial charge in [0.1, 0.15) is 24.3 Å². The first-order valence-electron chi connectivity index (χ1n) is 9.09. The fourth-order valence-electron chi connectivity index (χ4n) is 3.52. The van der Waals surface area contributed by atoms with E-state index in [0.29, 0.717) is 18.7 Å². The zero-order valence-corrected chi connectivity index (χ0v) is 16.2. The number of benzene rings is 2. The van der Waals surface area contributed by atoms with Gasteiger partial charge in [-0.2, -0.15) is 5.10 Å². The molecular weight excluding hydrogens is 381 g/mol. The number of halogens is 2. The molecule has 0 unspecified atom stereocenters. The highest BCUT2D eigenvalue weighted by molar-refractivity contribution is 6.31. The maximum absolute atomic E-state index is 14.2. The van der Waals surface area contributed by atoms with Crippen molar-refractivity contribution < 1.29 is 14.2 Å². The molecular formula is C21H21ClFN3O2. The molecule has 2 heterocycles. The molecule has 1 aliphatic heterocycles. The Morgan fingerprint density at radius 2 is 2.18 bits per heavy atom. The quantitative estimate of drug-likeness (QED) is 0.724. The normalized spacial score (nSPS) is 15.6. The van der Waals surface area contributed by atoms with E-state index in [9.17, 15) is 9.50 Å². The summed E-state index contributed by atoms with van der Waals surface area (Å²) in [6.45, 7) is 2.77. The molecule has 2 aromatic carbocycles. The van der Waals surface area contributed by atoms with E-state index in [1.54, 1.807) is 16.8 Å². The van der Waals surface area contributed by atoms with Crippen LogP contribution in [0.3, 0.4) is 0 Å². The standard InChI is InChI=1S/C21H21ClFN3O2/c1-25-11-14(10-24-25)12-26-7-8-28-19-6-5-15(9-16(19)13-26)21(27)20-17(22)3-2-4-18(20)23/h2-6,9-11,21,27H,7-8,12-13H2,1H3/t21-/m1/s1. The average Bonchev–Trinajstić information content (AvgIpc) is 2.96. The Kier molecular flexibility index (Phi) is 5.35. The van der Waals surface area contributed by atoms with Gasteiger partial charge in [-0.25, -0.2) is 4.39 Å². The number of aromatic nitrogens is 2. The minimum absolute atomic E-state index is 0.0888. The molecule has 3 aromatic rings. The number of hydrogen-bond acceptors (Lipinski definition) is 4. The molecule has 0 bridgehead atoms. The number of hydrogen-bond donors (Lipinski definition) is 1. The van der Waals surface area contributed by atoms with Gasteiger partial charge in [0, 0.05) is 54.6 Å². The molecule has 0 amide bonds. The molecule has 0 aliphatic carbocycles. The SMILES string of the molecule is Cn1cc(CN2CCOc3ccc([C@@H](O)c4c(F)cccc4Cl)cc3C2)cn1. The van der Waals surface area contributed by atoms with Crippen LogP contribution in [0.5, 0.6) is 5.75 Å². The van der Waals surface area contributed by atoms with Crippen LogP contribution in [0.25, 0.3) is 0 Å². The molecule has 28 heavy (non-hydrogen) atoms. The second kappa shape index (κ2) is 7.91. The molecule has 7 heteroatoms. The zero-order chi connectivity index (χ0) is 19.7. The molecule has 1 aliphatic rings. The van der Waals surface area contributed by atoms with Gasteiger partial charge in [0.2, 0.25) is 0 Å². The smallest absolute Gasteiger partial charge is 0.130 e. The molecule has 0 radical (unpaired) electrons. The van der Waals surface area contributed by atoms with Crippen LogP contribution >= 0.6 is 11.6 Å². The first-order chi connectivity index (χ1) is 13.5. The van der Waals surface area contributed by atoms with Crippen molar-refractivity contribution in [3.05, 3.63) is 81.9 Å². The monoisotopic (exact) mass is 401 g/mol. The van der Waals surface area contributed by atoms with E-state index in [4.69, 9.17) is 16.3 Å². The highest BCUT2D eigenvalue weighted by Crippen LogP contribution is 2.33. The Morgan fingerprint density at radius 3 is 2.93 bits per heavy atom. The summed E-state index contributed by atoms with van der Waals surface area (Å²) in [6.07, 6.45) is 2.70. The fourth-order valence-corrected chi connectivity index (χ4v) is 3.79. The average molecular weight is 402 g/mol. The van der Waals surface area contributed by atoms with Gasteiger partial charge in [0.25, 0.3) is 0 Å². The van der Waals surface area contributed by atoms with Crippen molar-refractivity contribution in [2.45, 2.75) is 19.2 Å². The summed E-state index contributed by atoms with van der Waals surface area (Å²) in [6, 6.07) is 9.84. The highest BCUT2D eigenvalue weighted by atomic mass is 35.5. The van der Waals surface area contributed by atoms with E-state index in [-0.39, 0.29) is 10.6 Å². The third-order valence-electron chi connectivity index (χ3n) is 4.90. The van der Waals surface area contributed by atoms with Crippen LogP contribution in [-0.2, 0) is 20.1 Å². The van der Waals surface area contributed by atoms with Crippen molar-refractivity contribution in [3.63, 3.8) is 0 Å². The number of rotatable bonds is 4. The topological polar surface area (TPSA) is 50.5 Å². The lowest BCUT2D eigenvalue weighted by atomic mass is 9.98. The lowest BCUT2D eigenvalue weighted by molar-refractivity contribution is 0.214. The fraction of sp³-hybridized carbons (Fsp3) is 0.286. The van der Waals surface area contributed by atoms with Crippen molar-refractivity contribution >= 4 is 11.6 Å². The van der Waals surface area contributed by atoms with Crippen molar-refractivity contribution in [2.75, 3.05) is 13.2 Å². The summed E-state index contributed by atoms with van der Waals surface area (Å²) in [5.74, 6) is 0.258. The summed E-state index contributed by atoms with van der Waals surface area (Å²) >= 11 is 6.12. The van der Waals surface area contributed by atoms with E-state index < -0.39 is 11.9 Å². The Balaban J connectivity index is 1.60. The van der Waals surface area contributed by atoms with Crippen LogP contribution in [0.2, 0.25) is 5.02 Å². The largest absolute Gasteiger partial charge is 0.492 e. The maximum atomic E-state index is 14.2. The maximum Gasteiger partial charge on any atom is 0.130 e.